The highest BCUT2D eigenvalue weighted by molar-refractivity contribution is 5.32. The maximum Gasteiger partial charge on any atom is 0.411 e. The van der Waals surface area contributed by atoms with Crippen LogP contribution >= 0.6 is 0 Å². The molecule has 0 saturated heterocycles. The van der Waals surface area contributed by atoms with E-state index in [1.165, 1.54) is 0 Å². The summed E-state index contributed by atoms with van der Waals surface area (Å²) >= 11 is 0. The number of alkyl halides is 3. The monoisotopic (exact) mass is 264 g/mol. The molecule has 1 heterocycles. The number of nitrogens with one attached hydrogen (secondary N) is 2. The highest BCUT2D eigenvalue weighted by Gasteiger charge is 2.64. The summed E-state index contributed by atoms with van der Waals surface area (Å²) in [4.78, 5) is 0. The van der Waals surface area contributed by atoms with E-state index in [2.05, 4.69) is 20.8 Å². The molecule has 0 unspecified atom stereocenters. The van der Waals surface area contributed by atoms with Crippen LogP contribution in [0.2, 0.25) is 0 Å². The molecule has 1 fully saturated rings. The Labute approximate surface area is 102 Å². The molecule has 0 bridgehead atoms. The third-order valence-electron chi connectivity index (χ3n) is 2.77. The Balaban J connectivity index is 1.95. The second kappa shape index (κ2) is 4.42. The van der Waals surface area contributed by atoms with Crippen LogP contribution < -0.4 is 10.6 Å². The summed E-state index contributed by atoms with van der Waals surface area (Å²) < 4.78 is 43.1. The normalized spacial score (nSPS) is 18.1. The molecule has 2 N–H and O–H groups in total. The molecule has 1 aliphatic carbocycles. The standard InChI is InChI=1S/C10H15F3N4O/c1-6(2)14-5-7-16-17-8(18-7)15-9(3-4-9)10(11,12)13/h6,14H,3-5H2,1-2H3,(H,15,17). The van der Waals surface area contributed by atoms with E-state index in [-0.39, 0.29) is 30.8 Å². The molecular formula is C10H15F3N4O. The molecule has 18 heavy (non-hydrogen) atoms. The molecule has 102 valence electrons. The van der Waals surface area contributed by atoms with Gasteiger partial charge >= 0.3 is 12.2 Å². The molecule has 5 nitrogen and oxygen atoms in total. The van der Waals surface area contributed by atoms with Gasteiger partial charge in [0.1, 0.15) is 5.54 Å². The largest absolute Gasteiger partial charge is 0.411 e. The number of anilines is 1. The number of rotatable bonds is 5. The smallest absolute Gasteiger partial charge is 0.407 e. The highest BCUT2D eigenvalue weighted by Crippen LogP contribution is 2.50. The van der Waals surface area contributed by atoms with E-state index < -0.39 is 11.7 Å². The van der Waals surface area contributed by atoms with Crippen LogP contribution in [0.4, 0.5) is 19.2 Å². The zero-order valence-corrected chi connectivity index (χ0v) is 10.1. The van der Waals surface area contributed by atoms with Gasteiger partial charge in [-0.05, 0) is 12.8 Å². The quantitative estimate of drug-likeness (QED) is 0.852. The lowest BCUT2D eigenvalue weighted by Crippen LogP contribution is -2.38. The average Bonchev–Trinajstić information content (AvgIpc) is 2.88. The summed E-state index contributed by atoms with van der Waals surface area (Å²) in [6.07, 6.45) is -4.21. The molecule has 0 aromatic carbocycles. The first kappa shape index (κ1) is 13.1. The molecular weight excluding hydrogens is 249 g/mol. The van der Waals surface area contributed by atoms with Crippen LogP contribution in [0.1, 0.15) is 32.6 Å². The first-order valence-corrected chi connectivity index (χ1v) is 5.73. The van der Waals surface area contributed by atoms with Gasteiger partial charge in [-0.25, -0.2) is 0 Å². The van der Waals surface area contributed by atoms with Crippen molar-refractivity contribution in [2.24, 2.45) is 0 Å². The minimum Gasteiger partial charge on any atom is -0.407 e. The van der Waals surface area contributed by atoms with E-state index in [0.29, 0.717) is 6.54 Å². The van der Waals surface area contributed by atoms with Crippen LogP contribution in [-0.2, 0) is 6.54 Å². The summed E-state index contributed by atoms with van der Waals surface area (Å²) in [5, 5.41) is 12.6. The van der Waals surface area contributed by atoms with Gasteiger partial charge in [-0.3, -0.25) is 0 Å². The maximum atomic E-state index is 12.7. The van der Waals surface area contributed by atoms with Crippen LogP contribution in [0.5, 0.6) is 0 Å². The molecule has 8 heteroatoms. The number of nitrogens with zero attached hydrogens (tertiary/aromatic N) is 2. The van der Waals surface area contributed by atoms with E-state index in [1.54, 1.807) is 0 Å². The van der Waals surface area contributed by atoms with Gasteiger partial charge in [0.15, 0.2) is 0 Å². The Kier molecular flexibility index (Phi) is 3.22. The van der Waals surface area contributed by atoms with Gasteiger partial charge in [0.25, 0.3) is 0 Å². The number of hydrogen-bond donors (Lipinski definition) is 2. The third-order valence-corrected chi connectivity index (χ3v) is 2.77. The molecule has 1 aromatic heterocycles. The third kappa shape index (κ3) is 2.74. The van der Waals surface area contributed by atoms with Crippen molar-refractivity contribution in [2.45, 2.75) is 51.0 Å². The number of halogens is 3. The van der Waals surface area contributed by atoms with Crippen molar-refractivity contribution in [1.82, 2.24) is 15.5 Å². The first-order valence-electron chi connectivity index (χ1n) is 5.73. The molecule has 1 aromatic rings. The molecule has 0 atom stereocenters. The lowest BCUT2D eigenvalue weighted by atomic mass is 10.3. The van der Waals surface area contributed by atoms with Gasteiger partial charge in [-0.1, -0.05) is 18.9 Å². The predicted octanol–water partition coefficient (Wildman–Crippen LogP) is 2.07. The Morgan fingerprint density at radius 3 is 2.50 bits per heavy atom. The van der Waals surface area contributed by atoms with Gasteiger partial charge in [-0.2, -0.15) is 13.2 Å². The van der Waals surface area contributed by atoms with Crippen LogP contribution in [0.3, 0.4) is 0 Å². The van der Waals surface area contributed by atoms with Crippen molar-refractivity contribution in [3.63, 3.8) is 0 Å². The van der Waals surface area contributed by atoms with Crippen LogP contribution in [-0.4, -0.2) is 28.0 Å². The number of hydrogen-bond acceptors (Lipinski definition) is 5. The van der Waals surface area contributed by atoms with Crippen molar-refractivity contribution >= 4 is 6.01 Å². The average molecular weight is 264 g/mol. The summed E-state index contributed by atoms with van der Waals surface area (Å²) in [5.41, 5.74) is -1.87. The topological polar surface area (TPSA) is 63.0 Å². The van der Waals surface area contributed by atoms with Crippen molar-refractivity contribution in [3.05, 3.63) is 5.89 Å². The van der Waals surface area contributed by atoms with Crippen LogP contribution in [0, 0.1) is 0 Å². The zero-order valence-electron chi connectivity index (χ0n) is 10.1. The van der Waals surface area contributed by atoms with E-state index in [0.717, 1.165) is 0 Å². The molecule has 1 aliphatic rings. The van der Waals surface area contributed by atoms with Gasteiger partial charge in [0.05, 0.1) is 6.54 Å². The number of aromatic nitrogens is 2. The van der Waals surface area contributed by atoms with Crippen molar-refractivity contribution in [2.75, 3.05) is 5.32 Å². The molecule has 0 spiro atoms. The molecule has 1 saturated carbocycles. The van der Waals surface area contributed by atoms with Gasteiger partial charge < -0.3 is 15.1 Å². The Morgan fingerprint density at radius 2 is 2.00 bits per heavy atom. The summed E-state index contributed by atoms with van der Waals surface area (Å²) in [7, 11) is 0. The Morgan fingerprint density at radius 1 is 1.33 bits per heavy atom. The fourth-order valence-electron chi connectivity index (χ4n) is 1.48. The molecule has 0 aliphatic heterocycles. The second-order valence-electron chi connectivity index (χ2n) is 4.74. The van der Waals surface area contributed by atoms with Gasteiger partial charge in [0, 0.05) is 6.04 Å². The summed E-state index contributed by atoms with van der Waals surface area (Å²) in [6.45, 7) is 4.22. The van der Waals surface area contributed by atoms with E-state index in [9.17, 15) is 13.2 Å². The van der Waals surface area contributed by atoms with Gasteiger partial charge in [0.2, 0.25) is 5.89 Å². The Hall–Kier alpha value is -1.31. The lowest BCUT2D eigenvalue weighted by molar-refractivity contribution is -0.151. The zero-order chi connectivity index (χ0) is 13.4. The van der Waals surface area contributed by atoms with Crippen molar-refractivity contribution in [3.8, 4) is 0 Å². The van der Waals surface area contributed by atoms with Crippen LogP contribution in [0.15, 0.2) is 4.42 Å². The molecule has 0 radical (unpaired) electrons. The second-order valence-corrected chi connectivity index (χ2v) is 4.74. The maximum absolute atomic E-state index is 12.7. The van der Waals surface area contributed by atoms with E-state index >= 15 is 0 Å². The molecule has 0 amide bonds. The minimum atomic E-state index is -4.29. The Bertz CT molecular complexity index is 412. The molecule has 2 rings (SSSR count). The van der Waals surface area contributed by atoms with Crippen LogP contribution in [0.25, 0.3) is 0 Å². The van der Waals surface area contributed by atoms with Crippen molar-refractivity contribution in [1.29, 1.82) is 0 Å². The first-order chi connectivity index (χ1) is 8.32. The highest BCUT2D eigenvalue weighted by atomic mass is 19.4. The van der Waals surface area contributed by atoms with Crippen molar-refractivity contribution < 1.29 is 17.6 Å². The van der Waals surface area contributed by atoms with Gasteiger partial charge in [-0.15, -0.1) is 5.10 Å². The fourth-order valence-corrected chi connectivity index (χ4v) is 1.48. The predicted molar refractivity (Wildman–Crippen MR) is 57.9 cm³/mol. The van der Waals surface area contributed by atoms with E-state index in [4.69, 9.17) is 4.42 Å². The lowest BCUT2D eigenvalue weighted by Gasteiger charge is -2.18. The fraction of sp³-hybridized carbons (Fsp3) is 0.800. The van der Waals surface area contributed by atoms with E-state index in [1.807, 2.05) is 13.8 Å². The summed E-state index contributed by atoms with van der Waals surface area (Å²) in [6, 6.07) is 0.0589. The summed E-state index contributed by atoms with van der Waals surface area (Å²) in [5.74, 6) is 0.268. The minimum absolute atomic E-state index is 0.0401. The SMILES string of the molecule is CC(C)NCc1nnc(NC2(C(F)(F)F)CC2)o1.